The zero-order valence-electron chi connectivity index (χ0n) is 16.0. The van der Waals surface area contributed by atoms with E-state index in [2.05, 4.69) is 22.5 Å². The molecule has 0 aliphatic heterocycles. The van der Waals surface area contributed by atoms with Gasteiger partial charge < -0.3 is 15.6 Å². The van der Waals surface area contributed by atoms with Crippen molar-refractivity contribution in [3.8, 4) is 0 Å². The van der Waals surface area contributed by atoms with Crippen molar-refractivity contribution in [1.82, 2.24) is 15.6 Å². The lowest BCUT2D eigenvalue weighted by atomic mass is 9.87. The number of fused-ring (bicyclic) bond motifs is 3. The molecular weight excluding hydrogens is 350 g/mol. The number of rotatable bonds is 5. The molecule has 0 saturated carbocycles. The van der Waals surface area contributed by atoms with Gasteiger partial charge in [-0.2, -0.15) is 0 Å². The summed E-state index contributed by atoms with van der Waals surface area (Å²) in [4.78, 5) is 28.0. The Morgan fingerprint density at radius 3 is 2.46 bits per heavy atom. The van der Waals surface area contributed by atoms with Gasteiger partial charge in [0.1, 0.15) is 0 Å². The maximum atomic E-state index is 12.5. The normalized spacial score (nSPS) is 15.8. The van der Waals surface area contributed by atoms with Crippen LogP contribution in [0.4, 0.5) is 0 Å². The summed E-state index contributed by atoms with van der Waals surface area (Å²) in [6, 6.07) is 14.9. The van der Waals surface area contributed by atoms with Gasteiger partial charge in [-0.15, -0.1) is 0 Å². The van der Waals surface area contributed by atoms with Crippen LogP contribution in [-0.2, 0) is 12.8 Å². The van der Waals surface area contributed by atoms with Crippen molar-refractivity contribution < 1.29 is 9.59 Å². The average molecular weight is 375 g/mol. The number of aromatic amines is 1. The van der Waals surface area contributed by atoms with Crippen molar-refractivity contribution in [2.45, 2.75) is 26.2 Å². The summed E-state index contributed by atoms with van der Waals surface area (Å²) in [5, 5.41) is 6.86. The summed E-state index contributed by atoms with van der Waals surface area (Å²) in [7, 11) is 0. The van der Waals surface area contributed by atoms with Gasteiger partial charge in [-0.3, -0.25) is 9.59 Å². The number of amides is 2. The standard InChI is InChI=1S/C23H25N3O2/c1-15-7-9-20-18(13-15)19-14-17(8-10-21(19)26-20)23(28)25-12-11-24-22(27)16-5-3-2-4-6-16/h2-6,8,10,14-15,26H,7,9,11-13H2,1H3,(H,24,27)(H,25,28). The Bertz CT molecular complexity index is 1010. The fourth-order valence-electron chi connectivity index (χ4n) is 3.88. The fraction of sp³-hybridized carbons (Fsp3) is 0.304. The van der Waals surface area contributed by atoms with E-state index in [4.69, 9.17) is 0 Å². The molecule has 144 valence electrons. The first-order valence-electron chi connectivity index (χ1n) is 9.87. The highest BCUT2D eigenvalue weighted by molar-refractivity contribution is 5.99. The molecule has 2 amide bonds. The molecule has 1 atom stereocenters. The number of benzene rings is 2. The number of H-pyrrole nitrogens is 1. The number of aromatic nitrogens is 1. The molecule has 1 aliphatic rings. The third kappa shape index (κ3) is 3.79. The smallest absolute Gasteiger partial charge is 0.251 e. The van der Waals surface area contributed by atoms with Gasteiger partial charge in [0.2, 0.25) is 0 Å². The van der Waals surface area contributed by atoms with Gasteiger partial charge in [-0.05, 0) is 61.1 Å². The second-order valence-corrected chi connectivity index (χ2v) is 7.57. The SMILES string of the molecule is CC1CCc2[nH]c3ccc(C(=O)NCCNC(=O)c4ccccc4)cc3c2C1. The van der Waals surface area contributed by atoms with Crippen molar-refractivity contribution in [3.05, 3.63) is 70.9 Å². The molecule has 0 radical (unpaired) electrons. The maximum Gasteiger partial charge on any atom is 0.251 e. The van der Waals surface area contributed by atoms with Crippen LogP contribution >= 0.6 is 0 Å². The van der Waals surface area contributed by atoms with Crippen LogP contribution < -0.4 is 10.6 Å². The second kappa shape index (κ2) is 7.89. The minimum atomic E-state index is -0.135. The molecule has 1 aliphatic carbocycles. The number of nitrogens with one attached hydrogen (secondary N) is 3. The maximum absolute atomic E-state index is 12.5. The van der Waals surface area contributed by atoms with Crippen LogP contribution in [0.15, 0.2) is 48.5 Å². The highest BCUT2D eigenvalue weighted by Gasteiger charge is 2.20. The van der Waals surface area contributed by atoms with Crippen LogP contribution in [0.1, 0.15) is 45.3 Å². The van der Waals surface area contributed by atoms with Crippen LogP contribution in [0.25, 0.3) is 10.9 Å². The summed E-state index contributed by atoms with van der Waals surface area (Å²) in [5.41, 5.74) is 5.05. The van der Waals surface area contributed by atoms with Gasteiger partial charge in [0.15, 0.2) is 0 Å². The van der Waals surface area contributed by atoms with Crippen molar-refractivity contribution in [1.29, 1.82) is 0 Å². The molecule has 0 spiro atoms. The Balaban J connectivity index is 1.36. The van der Waals surface area contributed by atoms with E-state index in [9.17, 15) is 9.59 Å². The molecule has 5 heteroatoms. The van der Waals surface area contributed by atoms with E-state index in [0.29, 0.717) is 30.1 Å². The molecule has 1 aromatic heterocycles. The number of carbonyl (C=O) groups is 2. The zero-order chi connectivity index (χ0) is 19.5. The molecule has 28 heavy (non-hydrogen) atoms. The number of carbonyl (C=O) groups excluding carboxylic acids is 2. The molecule has 5 nitrogen and oxygen atoms in total. The Hall–Kier alpha value is -3.08. The fourth-order valence-corrected chi connectivity index (χ4v) is 3.88. The Labute approximate surface area is 164 Å². The van der Waals surface area contributed by atoms with E-state index < -0.39 is 0 Å². The lowest BCUT2D eigenvalue weighted by Crippen LogP contribution is -2.34. The van der Waals surface area contributed by atoms with E-state index in [-0.39, 0.29) is 11.8 Å². The van der Waals surface area contributed by atoms with Crippen molar-refractivity contribution in [3.63, 3.8) is 0 Å². The van der Waals surface area contributed by atoms with Gasteiger partial charge >= 0.3 is 0 Å². The predicted octanol–water partition coefficient (Wildman–Crippen LogP) is 3.45. The predicted molar refractivity (Wildman–Crippen MR) is 111 cm³/mol. The number of hydrogen-bond acceptors (Lipinski definition) is 2. The third-order valence-corrected chi connectivity index (χ3v) is 5.43. The first-order chi connectivity index (χ1) is 13.6. The van der Waals surface area contributed by atoms with Gasteiger partial charge in [0.05, 0.1) is 0 Å². The lowest BCUT2D eigenvalue weighted by Gasteiger charge is -2.18. The summed E-state index contributed by atoms with van der Waals surface area (Å²) in [6.45, 7) is 3.05. The first kappa shape index (κ1) is 18.3. The molecule has 4 rings (SSSR count). The summed E-state index contributed by atoms with van der Waals surface area (Å²) in [6.07, 6.45) is 3.35. The van der Waals surface area contributed by atoms with Crippen LogP contribution in [0.2, 0.25) is 0 Å². The van der Waals surface area contributed by atoms with E-state index in [0.717, 1.165) is 23.7 Å². The van der Waals surface area contributed by atoms with Gasteiger partial charge in [-0.1, -0.05) is 25.1 Å². The molecule has 0 saturated heterocycles. The van der Waals surface area contributed by atoms with Crippen molar-refractivity contribution in [2.75, 3.05) is 13.1 Å². The largest absolute Gasteiger partial charge is 0.358 e. The molecule has 3 aromatic rings. The van der Waals surface area contributed by atoms with Crippen molar-refractivity contribution >= 4 is 22.7 Å². The molecule has 3 N–H and O–H groups in total. The van der Waals surface area contributed by atoms with E-state index in [1.807, 2.05) is 36.4 Å². The van der Waals surface area contributed by atoms with E-state index in [1.165, 1.54) is 17.7 Å². The van der Waals surface area contributed by atoms with Crippen LogP contribution in [-0.4, -0.2) is 29.9 Å². The van der Waals surface area contributed by atoms with Gasteiger partial charge in [0.25, 0.3) is 11.8 Å². The molecule has 0 bridgehead atoms. The Morgan fingerprint density at radius 1 is 1.00 bits per heavy atom. The summed E-state index contributed by atoms with van der Waals surface area (Å²) >= 11 is 0. The number of hydrogen-bond donors (Lipinski definition) is 3. The van der Waals surface area contributed by atoms with Crippen LogP contribution in [0.3, 0.4) is 0 Å². The molecule has 1 heterocycles. The highest BCUT2D eigenvalue weighted by atomic mass is 16.2. The number of aryl methyl sites for hydroxylation is 1. The Kier molecular flexibility index (Phi) is 5.15. The minimum Gasteiger partial charge on any atom is -0.358 e. The molecule has 2 aromatic carbocycles. The van der Waals surface area contributed by atoms with Crippen LogP contribution in [0, 0.1) is 5.92 Å². The van der Waals surface area contributed by atoms with Gasteiger partial charge in [-0.25, -0.2) is 0 Å². The van der Waals surface area contributed by atoms with E-state index in [1.54, 1.807) is 12.1 Å². The average Bonchev–Trinajstić information content (AvgIpc) is 3.08. The zero-order valence-corrected chi connectivity index (χ0v) is 16.0. The Morgan fingerprint density at radius 2 is 1.71 bits per heavy atom. The third-order valence-electron chi connectivity index (χ3n) is 5.43. The molecular formula is C23H25N3O2. The van der Waals surface area contributed by atoms with Gasteiger partial charge in [0, 0.05) is 40.8 Å². The van der Waals surface area contributed by atoms with Crippen LogP contribution in [0.5, 0.6) is 0 Å². The summed E-state index contributed by atoms with van der Waals surface area (Å²) < 4.78 is 0. The summed E-state index contributed by atoms with van der Waals surface area (Å²) in [5.74, 6) is 0.427. The molecule has 1 unspecified atom stereocenters. The topological polar surface area (TPSA) is 74.0 Å². The van der Waals surface area contributed by atoms with Crippen molar-refractivity contribution in [2.24, 2.45) is 5.92 Å². The lowest BCUT2D eigenvalue weighted by molar-refractivity contribution is 0.0928. The minimum absolute atomic E-state index is 0.116. The highest BCUT2D eigenvalue weighted by Crippen LogP contribution is 2.32. The first-order valence-corrected chi connectivity index (χ1v) is 9.87. The quantitative estimate of drug-likeness (QED) is 0.598. The van der Waals surface area contributed by atoms with E-state index >= 15 is 0 Å². The monoisotopic (exact) mass is 375 g/mol. The second-order valence-electron chi connectivity index (χ2n) is 7.57. The molecule has 0 fully saturated rings.